The molecule has 0 saturated heterocycles. The fourth-order valence-electron chi connectivity index (χ4n) is 14.4. The van der Waals surface area contributed by atoms with Crippen molar-refractivity contribution in [3.63, 3.8) is 0 Å². The summed E-state index contributed by atoms with van der Waals surface area (Å²) in [5.41, 5.74) is 16.0. The maximum atomic E-state index is 12.8. The largest absolute Gasteiger partial charge is 0.454 e. The van der Waals surface area contributed by atoms with Crippen molar-refractivity contribution in [1.29, 1.82) is 5.26 Å². The summed E-state index contributed by atoms with van der Waals surface area (Å²) in [5, 5.41) is 25.2. The average Bonchev–Trinajstić information content (AvgIpc) is 1.63. The van der Waals surface area contributed by atoms with E-state index in [1.165, 1.54) is 10.8 Å². The number of benzene rings is 13. The molecule has 0 unspecified atom stereocenters. The molecule has 0 fully saturated rings. The van der Waals surface area contributed by atoms with E-state index >= 15 is 0 Å². The van der Waals surface area contributed by atoms with Crippen LogP contribution in [0.15, 0.2) is 271 Å². The Bertz CT molecular complexity index is 5710. The van der Waals surface area contributed by atoms with Crippen molar-refractivity contribution < 1.29 is 4.42 Å². The lowest BCUT2D eigenvalue weighted by atomic mass is 9.89. The highest BCUT2D eigenvalue weighted by atomic mass is 16.3. The normalized spacial score (nSPS) is 12.0. The minimum absolute atomic E-state index is 0.318. The van der Waals surface area contributed by atoms with E-state index in [0.29, 0.717) is 39.6 Å². The van der Waals surface area contributed by atoms with Crippen LogP contribution in [0, 0.1) is 17.9 Å². The molecule has 7 heteroatoms. The molecule has 5 aromatic heterocycles. The number of nitrogens with zero attached hydrogens (tertiary/aromatic N) is 6. The van der Waals surface area contributed by atoms with Gasteiger partial charge in [0.15, 0.2) is 5.58 Å². The molecule has 5 heterocycles. The first-order valence-corrected chi connectivity index (χ1v) is 28.6. The van der Waals surface area contributed by atoms with Crippen LogP contribution < -0.4 is 0 Å². The number of hydrogen-bond donors (Lipinski definition) is 0. The van der Waals surface area contributed by atoms with Crippen molar-refractivity contribution in [3.05, 3.63) is 284 Å². The van der Waals surface area contributed by atoms with E-state index in [0.717, 1.165) is 126 Å². The molecule has 0 bridgehead atoms. The fraction of sp³-hybridized carbons (Fsp3) is 0. The first-order chi connectivity index (χ1) is 42.2. The molecule has 18 rings (SSSR count). The Balaban J connectivity index is 1.14. The van der Waals surface area contributed by atoms with Gasteiger partial charge in [0.2, 0.25) is 5.69 Å². The van der Waals surface area contributed by atoms with E-state index < -0.39 is 0 Å². The third-order valence-corrected chi connectivity index (χ3v) is 17.8. The van der Waals surface area contributed by atoms with E-state index in [-0.39, 0.29) is 0 Å². The van der Waals surface area contributed by atoms with Gasteiger partial charge in [0.05, 0.1) is 79.0 Å². The molecule has 0 atom stereocenters. The first-order valence-electron chi connectivity index (χ1n) is 28.6. The molecule has 0 radical (unpaired) electrons. The zero-order valence-electron chi connectivity index (χ0n) is 45.5. The van der Waals surface area contributed by atoms with Crippen LogP contribution in [0.4, 0.5) is 5.69 Å². The molecule has 0 spiro atoms. The predicted molar refractivity (Wildman–Crippen MR) is 350 cm³/mol. The zero-order valence-corrected chi connectivity index (χ0v) is 45.5. The number of hydrogen-bond acceptors (Lipinski definition) is 2. The summed E-state index contributed by atoms with van der Waals surface area (Å²) in [6.45, 7) is 9.96. The molecule has 13 aromatic carbocycles. The Morgan fingerprint density at radius 2 is 0.718 bits per heavy atom. The van der Waals surface area contributed by atoms with Crippen molar-refractivity contribution in [2.24, 2.45) is 0 Å². The number of rotatable bonds is 6. The summed E-state index contributed by atoms with van der Waals surface area (Å²) >= 11 is 0. The molecular formula is C78H44N6O. The standard InChI is InChI=1S/C78H44N6O/c1-80-72-73(81-63-36-13-6-27-52(63)53-28-7-14-37-64(53)81)62(46-79)74(82-65-38-15-8-29-54(65)55-30-9-16-39-66(55)82)77(76(72)83-67-40-17-10-31-56(67)57-32-11-18-41-68(57)83)84-69-42-21-35-59(51-26-5-4-25-50(51)49-34-20-23-47-22-2-3-24-48(47)49)71(69)61-45-44-60-58-33-12-19-43-70(58)85-78(60)75(61)84/h2-45H. The summed E-state index contributed by atoms with van der Waals surface area (Å²) in [5.74, 6) is 0. The van der Waals surface area contributed by atoms with Gasteiger partial charge >= 0.3 is 0 Å². The number of aromatic nitrogens is 4. The van der Waals surface area contributed by atoms with Crippen LogP contribution in [0.1, 0.15) is 5.56 Å². The highest BCUT2D eigenvalue weighted by Gasteiger charge is 2.36. The number of para-hydroxylation sites is 7. The Morgan fingerprint density at radius 3 is 1.27 bits per heavy atom. The van der Waals surface area contributed by atoms with Crippen molar-refractivity contribution in [1.82, 2.24) is 18.3 Å². The number of fused-ring (bicyclic) bond motifs is 17. The molecule has 0 aliphatic carbocycles. The minimum Gasteiger partial charge on any atom is -0.454 e. The summed E-state index contributed by atoms with van der Waals surface area (Å²) in [4.78, 5) is 4.84. The van der Waals surface area contributed by atoms with Gasteiger partial charge in [0.1, 0.15) is 11.7 Å². The molecule has 392 valence electrons. The van der Waals surface area contributed by atoms with Gasteiger partial charge in [-0.15, -0.1) is 0 Å². The Morgan fingerprint density at radius 1 is 0.318 bits per heavy atom. The summed E-state index contributed by atoms with van der Waals surface area (Å²) in [6.07, 6.45) is 0. The molecule has 0 aliphatic heterocycles. The molecule has 7 nitrogen and oxygen atoms in total. The topological polar surface area (TPSA) is 61.0 Å². The maximum Gasteiger partial charge on any atom is 0.237 e. The van der Waals surface area contributed by atoms with Gasteiger partial charge in [-0.2, -0.15) is 5.26 Å². The second kappa shape index (κ2) is 17.8. The fourth-order valence-corrected chi connectivity index (χ4v) is 14.4. The van der Waals surface area contributed by atoms with E-state index in [4.69, 9.17) is 9.26 Å². The van der Waals surface area contributed by atoms with Crippen molar-refractivity contribution in [2.45, 2.75) is 0 Å². The van der Waals surface area contributed by atoms with E-state index in [1.54, 1.807) is 0 Å². The van der Waals surface area contributed by atoms with Crippen LogP contribution in [0.3, 0.4) is 0 Å². The van der Waals surface area contributed by atoms with Gasteiger partial charge < -0.3 is 22.7 Å². The van der Waals surface area contributed by atoms with Crippen LogP contribution in [0.25, 0.3) is 170 Å². The lowest BCUT2D eigenvalue weighted by Gasteiger charge is -2.27. The van der Waals surface area contributed by atoms with Gasteiger partial charge in [0.25, 0.3) is 0 Å². The van der Waals surface area contributed by atoms with Crippen molar-refractivity contribution in [2.75, 3.05) is 0 Å². The molecule has 0 amide bonds. The SMILES string of the molecule is [C-]#[N+]c1c(-n2c3ccccc3c3ccccc32)c(C#N)c(-n2c3ccccc3c3ccccc32)c(-n2c3cccc(-c4ccccc4-c4cccc5ccccc45)c3c3ccc4c5ccccc5oc4c32)c1-n1c2ccccc2c2ccccc21. The quantitative estimate of drug-likeness (QED) is 0.156. The lowest BCUT2D eigenvalue weighted by molar-refractivity contribution is 0.671. The number of nitriles is 1. The van der Waals surface area contributed by atoms with Crippen molar-refractivity contribution >= 4 is 126 Å². The lowest BCUT2D eigenvalue weighted by Crippen LogP contribution is -2.14. The highest BCUT2D eigenvalue weighted by Crippen LogP contribution is 2.54. The van der Waals surface area contributed by atoms with Gasteiger partial charge in [-0.3, -0.25) is 0 Å². The van der Waals surface area contributed by atoms with Crippen LogP contribution in [-0.2, 0) is 0 Å². The summed E-state index contributed by atoms with van der Waals surface area (Å²) in [7, 11) is 0. The molecule has 18 aromatic rings. The van der Waals surface area contributed by atoms with Crippen LogP contribution >= 0.6 is 0 Å². The van der Waals surface area contributed by atoms with E-state index in [1.807, 2.05) is 24.3 Å². The average molecular weight is 1080 g/mol. The van der Waals surface area contributed by atoms with Gasteiger partial charge in [0, 0.05) is 53.9 Å². The Labute approximate surface area is 485 Å². The zero-order chi connectivity index (χ0) is 56.0. The van der Waals surface area contributed by atoms with Gasteiger partial charge in [-0.05, 0) is 87.6 Å². The monoisotopic (exact) mass is 1080 g/mol. The second-order valence-corrected chi connectivity index (χ2v) is 22.0. The third kappa shape index (κ3) is 6.36. The molecule has 0 saturated carbocycles. The van der Waals surface area contributed by atoms with Crippen LogP contribution in [0.5, 0.6) is 0 Å². The Hall–Kier alpha value is -11.9. The first kappa shape index (κ1) is 46.8. The molecule has 85 heavy (non-hydrogen) atoms. The Kier molecular flexibility index (Phi) is 9.80. The van der Waals surface area contributed by atoms with E-state index in [9.17, 15) is 11.8 Å². The smallest absolute Gasteiger partial charge is 0.237 e. The molecular weight excluding hydrogens is 1040 g/mol. The van der Waals surface area contributed by atoms with Gasteiger partial charge in [-0.25, -0.2) is 4.85 Å². The van der Waals surface area contributed by atoms with Crippen molar-refractivity contribution in [3.8, 4) is 51.1 Å². The third-order valence-electron chi connectivity index (χ3n) is 17.8. The predicted octanol–water partition coefficient (Wildman–Crippen LogP) is 20.9. The summed E-state index contributed by atoms with van der Waals surface area (Å²) in [6, 6.07) is 96.9. The summed E-state index contributed by atoms with van der Waals surface area (Å²) < 4.78 is 16.5. The van der Waals surface area contributed by atoms with Crippen LogP contribution in [-0.4, -0.2) is 18.3 Å². The molecule has 0 aliphatic rings. The molecule has 0 N–H and O–H groups in total. The highest BCUT2D eigenvalue weighted by molar-refractivity contribution is 6.26. The van der Waals surface area contributed by atoms with Crippen LogP contribution in [0.2, 0.25) is 0 Å². The minimum atomic E-state index is 0.318. The second-order valence-electron chi connectivity index (χ2n) is 22.0. The number of furan rings is 1. The van der Waals surface area contributed by atoms with Gasteiger partial charge in [-0.1, -0.05) is 212 Å². The maximum absolute atomic E-state index is 12.8. The van der Waals surface area contributed by atoms with E-state index in [2.05, 4.69) is 267 Å².